The second kappa shape index (κ2) is 6.70. The van der Waals surface area contributed by atoms with E-state index in [4.69, 9.17) is 9.47 Å². The lowest BCUT2D eigenvalue weighted by molar-refractivity contribution is 0.311. The molecule has 0 fully saturated rings. The van der Waals surface area contributed by atoms with Crippen molar-refractivity contribution in [1.29, 1.82) is 0 Å². The molecule has 0 aliphatic carbocycles. The van der Waals surface area contributed by atoms with Gasteiger partial charge in [0, 0.05) is 0 Å². The van der Waals surface area contributed by atoms with E-state index in [2.05, 4.69) is 11.9 Å². The summed E-state index contributed by atoms with van der Waals surface area (Å²) in [6, 6.07) is 9.65. The minimum Gasteiger partial charge on any atom is -0.493 e. The zero-order valence-corrected chi connectivity index (χ0v) is 16.5. The summed E-state index contributed by atoms with van der Waals surface area (Å²) < 4.78 is 13.3. The highest BCUT2D eigenvalue weighted by Gasteiger charge is 2.13. The SMILES string of the molecule is CCOc1cc(/C=c2/sc3nc4c(C)c(C)ccc4n3c2=O)ccc1OC. The van der Waals surface area contributed by atoms with Gasteiger partial charge in [0.05, 0.1) is 29.3 Å². The molecule has 5 nitrogen and oxygen atoms in total. The Morgan fingerprint density at radius 2 is 2.00 bits per heavy atom. The largest absolute Gasteiger partial charge is 0.493 e. The summed E-state index contributed by atoms with van der Waals surface area (Å²) >= 11 is 1.40. The Balaban J connectivity index is 1.90. The van der Waals surface area contributed by atoms with Crippen molar-refractivity contribution in [3.8, 4) is 11.5 Å². The molecule has 0 saturated carbocycles. The lowest BCUT2D eigenvalue weighted by Gasteiger charge is -2.09. The maximum atomic E-state index is 13.0. The number of ether oxygens (including phenoxy) is 2. The summed E-state index contributed by atoms with van der Waals surface area (Å²) in [7, 11) is 1.61. The van der Waals surface area contributed by atoms with Crippen LogP contribution in [0.1, 0.15) is 23.6 Å². The average molecular weight is 380 g/mol. The molecule has 2 aromatic carbocycles. The zero-order valence-electron chi connectivity index (χ0n) is 15.7. The first kappa shape index (κ1) is 17.5. The fourth-order valence-corrected chi connectivity index (χ4v) is 4.15. The third-order valence-corrected chi connectivity index (χ3v) is 5.69. The summed E-state index contributed by atoms with van der Waals surface area (Å²) in [5.74, 6) is 1.34. The quantitative estimate of drug-likeness (QED) is 0.544. The van der Waals surface area contributed by atoms with E-state index >= 15 is 0 Å². The van der Waals surface area contributed by atoms with Gasteiger partial charge in [-0.05, 0) is 61.7 Å². The number of aryl methyl sites for hydroxylation is 2. The summed E-state index contributed by atoms with van der Waals surface area (Å²) in [5, 5.41) is 0. The summed E-state index contributed by atoms with van der Waals surface area (Å²) in [6.45, 7) is 6.57. The van der Waals surface area contributed by atoms with Crippen molar-refractivity contribution in [2.24, 2.45) is 0 Å². The highest BCUT2D eigenvalue weighted by molar-refractivity contribution is 7.15. The van der Waals surface area contributed by atoms with Crippen molar-refractivity contribution in [2.45, 2.75) is 20.8 Å². The van der Waals surface area contributed by atoms with Gasteiger partial charge in [-0.2, -0.15) is 0 Å². The molecule has 0 spiro atoms. The lowest BCUT2D eigenvalue weighted by Crippen LogP contribution is -2.22. The number of hydrogen-bond acceptors (Lipinski definition) is 5. The van der Waals surface area contributed by atoms with Crippen LogP contribution in [-0.4, -0.2) is 23.1 Å². The molecule has 0 aliphatic heterocycles. The molecule has 0 radical (unpaired) electrons. The number of nitrogens with zero attached hydrogens (tertiary/aromatic N) is 2. The van der Waals surface area contributed by atoms with Crippen LogP contribution in [0.4, 0.5) is 0 Å². The van der Waals surface area contributed by atoms with Gasteiger partial charge in [0.15, 0.2) is 16.5 Å². The monoisotopic (exact) mass is 380 g/mol. The Morgan fingerprint density at radius 3 is 2.74 bits per heavy atom. The molecule has 138 valence electrons. The molecule has 0 unspecified atom stereocenters. The summed E-state index contributed by atoms with van der Waals surface area (Å²) in [6.07, 6.45) is 1.87. The highest BCUT2D eigenvalue weighted by atomic mass is 32.1. The number of imidazole rings is 1. The standard InChI is InChI=1S/C21H20N2O3S/c1-5-26-17-10-14(7-9-16(17)25-4)11-18-20(24)23-15-8-6-12(2)13(3)19(15)22-21(23)27-18/h6-11H,5H2,1-4H3/b18-11+. The minimum absolute atomic E-state index is 0.0467. The molecule has 0 amide bonds. The predicted molar refractivity (Wildman–Crippen MR) is 109 cm³/mol. The highest BCUT2D eigenvalue weighted by Crippen LogP contribution is 2.28. The molecular weight excluding hydrogens is 360 g/mol. The van der Waals surface area contributed by atoms with Gasteiger partial charge >= 0.3 is 0 Å². The fraction of sp³-hybridized carbons (Fsp3) is 0.238. The molecule has 27 heavy (non-hydrogen) atoms. The topological polar surface area (TPSA) is 52.8 Å². The number of thiazole rings is 1. The van der Waals surface area contributed by atoms with Crippen molar-refractivity contribution < 1.29 is 9.47 Å². The number of aromatic nitrogens is 2. The van der Waals surface area contributed by atoms with Crippen LogP contribution in [0.2, 0.25) is 0 Å². The Labute approximate surface area is 160 Å². The minimum atomic E-state index is -0.0467. The van der Waals surface area contributed by atoms with Gasteiger partial charge in [-0.15, -0.1) is 0 Å². The number of hydrogen-bond donors (Lipinski definition) is 0. The second-order valence-corrected chi connectivity index (χ2v) is 7.37. The van der Waals surface area contributed by atoms with E-state index in [1.807, 2.05) is 50.3 Å². The van der Waals surface area contributed by atoms with E-state index < -0.39 is 0 Å². The summed E-state index contributed by atoms with van der Waals surface area (Å²) in [5.41, 5.74) is 4.89. The number of methoxy groups -OCH3 is 1. The van der Waals surface area contributed by atoms with Gasteiger partial charge in [0.25, 0.3) is 5.56 Å². The molecule has 2 heterocycles. The number of fused-ring (bicyclic) bond motifs is 3. The molecule has 4 rings (SSSR count). The molecule has 2 aromatic heterocycles. The Kier molecular flexibility index (Phi) is 4.36. The van der Waals surface area contributed by atoms with E-state index in [1.165, 1.54) is 16.9 Å². The number of rotatable bonds is 4. The third kappa shape index (κ3) is 2.86. The molecule has 0 aliphatic rings. The average Bonchev–Trinajstić information content (AvgIpc) is 3.16. The molecular formula is C21H20N2O3S. The third-order valence-electron chi connectivity index (χ3n) is 4.72. The van der Waals surface area contributed by atoms with Crippen molar-refractivity contribution in [2.75, 3.05) is 13.7 Å². The molecule has 6 heteroatoms. The van der Waals surface area contributed by atoms with Gasteiger partial charge in [-0.1, -0.05) is 23.5 Å². The van der Waals surface area contributed by atoms with E-state index in [-0.39, 0.29) is 5.56 Å². The number of benzene rings is 2. The van der Waals surface area contributed by atoms with Gasteiger partial charge < -0.3 is 9.47 Å². The van der Waals surface area contributed by atoms with Crippen LogP contribution in [0.25, 0.3) is 22.1 Å². The Morgan fingerprint density at radius 1 is 1.19 bits per heavy atom. The van der Waals surface area contributed by atoms with Gasteiger partial charge in [-0.3, -0.25) is 4.79 Å². The Bertz CT molecular complexity index is 1270. The van der Waals surface area contributed by atoms with E-state index in [9.17, 15) is 4.79 Å². The molecule has 0 N–H and O–H groups in total. The van der Waals surface area contributed by atoms with E-state index in [0.717, 1.165) is 22.2 Å². The smallest absolute Gasteiger partial charge is 0.274 e. The van der Waals surface area contributed by atoms with Crippen LogP contribution < -0.4 is 19.6 Å². The van der Waals surface area contributed by atoms with Crippen LogP contribution in [-0.2, 0) is 0 Å². The van der Waals surface area contributed by atoms with Gasteiger partial charge in [-0.25, -0.2) is 9.38 Å². The maximum absolute atomic E-state index is 13.0. The molecule has 0 bridgehead atoms. The lowest BCUT2D eigenvalue weighted by atomic mass is 10.1. The van der Waals surface area contributed by atoms with Crippen LogP contribution in [0, 0.1) is 13.8 Å². The van der Waals surface area contributed by atoms with Gasteiger partial charge in [0.2, 0.25) is 0 Å². The van der Waals surface area contributed by atoms with Crippen molar-refractivity contribution >= 4 is 33.4 Å². The van der Waals surface area contributed by atoms with Crippen molar-refractivity contribution in [3.05, 3.63) is 61.9 Å². The maximum Gasteiger partial charge on any atom is 0.274 e. The first-order valence-corrected chi connectivity index (χ1v) is 9.59. The van der Waals surface area contributed by atoms with E-state index in [1.54, 1.807) is 11.5 Å². The van der Waals surface area contributed by atoms with E-state index in [0.29, 0.717) is 27.6 Å². The first-order valence-electron chi connectivity index (χ1n) is 8.77. The normalized spacial score (nSPS) is 12.2. The van der Waals surface area contributed by atoms with Crippen molar-refractivity contribution in [3.63, 3.8) is 0 Å². The van der Waals surface area contributed by atoms with Gasteiger partial charge in [0.1, 0.15) is 0 Å². The molecule has 0 saturated heterocycles. The Hall–Kier alpha value is -2.86. The van der Waals surface area contributed by atoms with Crippen LogP contribution in [0.15, 0.2) is 35.1 Å². The predicted octanol–water partition coefficient (Wildman–Crippen LogP) is 3.48. The van der Waals surface area contributed by atoms with Crippen LogP contribution in [0.3, 0.4) is 0 Å². The first-order chi connectivity index (χ1) is 13.0. The molecule has 0 atom stereocenters. The van der Waals surface area contributed by atoms with Crippen LogP contribution >= 0.6 is 11.3 Å². The zero-order chi connectivity index (χ0) is 19.1. The van der Waals surface area contributed by atoms with Crippen molar-refractivity contribution in [1.82, 2.24) is 9.38 Å². The van der Waals surface area contributed by atoms with Crippen LogP contribution in [0.5, 0.6) is 11.5 Å². The fourth-order valence-electron chi connectivity index (χ4n) is 3.17. The second-order valence-electron chi connectivity index (χ2n) is 6.36. The summed E-state index contributed by atoms with van der Waals surface area (Å²) in [4.78, 5) is 18.4. The molecule has 4 aromatic rings.